The number of ether oxygens (including phenoxy) is 1. The largest absolute Gasteiger partial charge is 0.462 e. The molecule has 2 aromatic rings. The van der Waals surface area contributed by atoms with Gasteiger partial charge in [-0.05, 0) is 19.1 Å². The number of rotatable bonds is 5. The SMILES string of the molecule is CCOC(=O)/C(C#N)=C/Nc1ccnn1-c1ccccc1. The van der Waals surface area contributed by atoms with E-state index in [0.29, 0.717) is 5.82 Å². The fourth-order valence-electron chi connectivity index (χ4n) is 1.68. The van der Waals surface area contributed by atoms with Crippen LogP contribution in [0.3, 0.4) is 0 Å². The van der Waals surface area contributed by atoms with Crippen molar-refractivity contribution in [3.05, 3.63) is 54.4 Å². The van der Waals surface area contributed by atoms with Gasteiger partial charge >= 0.3 is 5.97 Å². The normalized spacial score (nSPS) is 10.8. The van der Waals surface area contributed by atoms with Crippen LogP contribution in [0.15, 0.2) is 54.4 Å². The zero-order chi connectivity index (χ0) is 15.1. The van der Waals surface area contributed by atoms with Crippen LogP contribution < -0.4 is 5.32 Å². The summed E-state index contributed by atoms with van der Waals surface area (Å²) in [7, 11) is 0. The number of esters is 1. The first-order chi connectivity index (χ1) is 10.3. The van der Waals surface area contributed by atoms with Gasteiger partial charge in [-0.25, -0.2) is 9.48 Å². The number of nitrogens with one attached hydrogen (secondary N) is 1. The van der Waals surface area contributed by atoms with Gasteiger partial charge in [-0.2, -0.15) is 10.4 Å². The number of aromatic nitrogens is 2. The molecule has 0 amide bonds. The number of hydrogen-bond donors (Lipinski definition) is 1. The van der Waals surface area contributed by atoms with Crippen LogP contribution in [0.2, 0.25) is 0 Å². The maximum atomic E-state index is 11.5. The lowest BCUT2D eigenvalue weighted by molar-refractivity contribution is -0.138. The summed E-state index contributed by atoms with van der Waals surface area (Å²) in [4.78, 5) is 11.5. The summed E-state index contributed by atoms with van der Waals surface area (Å²) in [6, 6.07) is 13.1. The molecule has 0 spiro atoms. The summed E-state index contributed by atoms with van der Waals surface area (Å²) >= 11 is 0. The van der Waals surface area contributed by atoms with E-state index in [2.05, 4.69) is 10.4 Å². The Bertz CT molecular complexity index is 683. The van der Waals surface area contributed by atoms with Crippen LogP contribution >= 0.6 is 0 Å². The Morgan fingerprint density at radius 1 is 1.43 bits per heavy atom. The van der Waals surface area contributed by atoms with E-state index >= 15 is 0 Å². The molecule has 1 aromatic carbocycles. The average molecular weight is 282 g/mol. The summed E-state index contributed by atoms with van der Waals surface area (Å²) < 4.78 is 6.45. The molecule has 1 aromatic heterocycles. The molecule has 0 aliphatic carbocycles. The van der Waals surface area contributed by atoms with Gasteiger partial charge in [0.15, 0.2) is 5.57 Å². The first kappa shape index (κ1) is 14.3. The van der Waals surface area contributed by atoms with Gasteiger partial charge in [0.2, 0.25) is 0 Å². The third kappa shape index (κ3) is 3.48. The van der Waals surface area contributed by atoms with Crippen LogP contribution in [-0.4, -0.2) is 22.4 Å². The van der Waals surface area contributed by atoms with Crippen molar-refractivity contribution < 1.29 is 9.53 Å². The van der Waals surface area contributed by atoms with Crippen LogP contribution in [0.4, 0.5) is 5.82 Å². The monoisotopic (exact) mass is 282 g/mol. The molecule has 6 heteroatoms. The van der Waals surface area contributed by atoms with Crippen molar-refractivity contribution in [2.45, 2.75) is 6.92 Å². The number of para-hydroxylation sites is 1. The first-order valence-electron chi connectivity index (χ1n) is 6.39. The number of carbonyl (C=O) groups is 1. The molecule has 0 bridgehead atoms. The highest BCUT2D eigenvalue weighted by Crippen LogP contribution is 2.14. The maximum Gasteiger partial charge on any atom is 0.350 e. The minimum absolute atomic E-state index is 0.0994. The molecule has 1 N–H and O–H groups in total. The molecule has 0 atom stereocenters. The molecule has 0 aliphatic heterocycles. The third-order valence-corrected chi connectivity index (χ3v) is 2.62. The Morgan fingerprint density at radius 2 is 2.19 bits per heavy atom. The lowest BCUT2D eigenvalue weighted by Crippen LogP contribution is -2.09. The van der Waals surface area contributed by atoms with E-state index in [0.717, 1.165) is 5.69 Å². The van der Waals surface area contributed by atoms with E-state index in [-0.39, 0.29) is 12.2 Å². The quantitative estimate of drug-likeness (QED) is 0.517. The zero-order valence-electron chi connectivity index (χ0n) is 11.5. The lowest BCUT2D eigenvalue weighted by Gasteiger charge is -2.07. The standard InChI is InChI=1S/C15H14N4O2/c1-2-21-15(20)12(10-16)11-17-14-8-9-18-19(14)13-6-4-3-5-7-13/h3-9,11,17H,2H2,1H3/b12-11+. The number of benzene rings is 1. The van der Waals surface area contributed by atoms with Crippen molar-refractivity contribution in [1.29, 1.82) is 5.26 Å². The van der Waals surface area contributed by atoms with Gasteiger partial charge in [0.25, 0.3) is 0 Å². The number of anilines is 1. The first-order valence-corrected chi connectivity index (χ1v) is 6.39. The van der Waals surface area contributed by atoms with Crippen LogP contribution in [0, 0.1) is 11.3 Å². The highest BCUT2D eigenvalue weighted by Gasteiger charge is 2.10. The topological polar surface area (TPSA) is 79.9 Å². The molecule has 0 radical (unpaired) electrons. The summed E-state index contributed by atoms with van der Waals surface area (Å²) in [6.07, 6.45) is 2.94. The van der Waals surface area contributed by atoms with Gasteiger partial charge in [0.1, 0.15) is 11.9 Å². The minimum Gasteiger partial charge on any atom is -0.462 e. The molecule has 0 fully saturated rings. The molecule has 2 rings (SSSR count). The van der Waals surface area contributed by atoms with Gasteiger partial charge in [-0.3, -0.25) is 0 Å². The van der Waals surface area contributed by atoms with Gasteiger partial charge in [0, 0.05) is 12.3 Å². The molecule has 106 valence electrons. The summed E-state index contributed by atoms with van der Waals surface area (Å²) in [5.41, 5.74) is 0.769. The molecule has 0 unspecified atom stereocenters. The van der Waals surface area contributed by atoms with Crippen molar-refractivity contribution in [3.8, 4) is 11.8 Å². The summed E-state index contributed by atoms with van der Waals surface area (Å²) in [5.74, 6) is -0.0171. The molecule has 0 saturated carbocycles. The summed E-state index contributed by atoms with van der Waals surface area (Å²) in [6.45, 7) is 1.91. The number of hydrogen-bond acceptors (Lipinski definition) is 5. The van der Waals surface area contributed by atoms with Gasteiger partial charge in [-0.1, -0.05) is 18.2 Å². The average Bonchev–Trinajstić information content (AvgIpc) is 2.97. The summed E-state index contributed by atoms with van der Waals surface area (Å²) in [5, 5.41) is 16.1. The van der Waals surface area contributed by atoms with Crippen molar-refractivity contribution in [2.75, 3.05) is 11.9 Å². The second-order valence-electron chi connectivity index (χ2n) is 4.00. The molecular weight excluding hydrogens is 268 g/mol. The number of carbonyl (C=O) groups excluding carboxylic acids is 1. The highest BCUT2D eigenvalue weighted by atomic mass is 16.5. The Morgan fingerprint density at radius 3 is 2.86 bits per heavy atom. The second-order valence-corrected chi connectivity index (χ2v) is 4.00. The fraction of sp³-hybridized carbons (Fsp3) is 0.133. The van der Waals surface area contributed by atoms with E-state index in [4.69, 9.17) is 10.00 Å². The van der Waals surface area contributed by atoms with Crippen molar-refractivity contribution in [3.63, 3.8) is 0 Å². The Kier molecular flexibility index (Phi) is 4.72. The predicted molar refractivity (Wildman–Crippen MR) is 77.5 cm³/mol. The molecule has 21 heavy (non-hydrogen) atoms. The van der Waals surface area contributed by atoms with E-state index in [1.54, 1.807) is 29.9 Å². The van der Waals surface area contributed by atoms with E-state index in [1.807, 2.05) is 30.3 Å². The smallest absolute Gasteiger partial charge is 0.350 e. The lowest BCUT2D eigenvalue weighted by atomic mass is 10.3. The van der Waals surface area contributed by atoms with E-state index < -0.39 is 5.97 Å². The van der Waals surface area contributed by atoms with E-state index in [1.165, 1.54) is 6.20 Å². The Balaban J connectivity index is 2.20. The minimum atomic E-state index is -0.654. The van der Waals surface area contributed by atoms with Crippen LogP contribution in [0.25, 0.3) is 5.69 Å². The maximum absolute atomic E-state index is 11.5. The van der Waals surface area contributed by atoms with Gasteiger partial charge in [0.05, 0.1) is 18.5 Å². The predicted octanol–water partition coefficient (Wildman–Crippen LogP) is 2.25. The van der Waals surface area contributed by atoms with Crippen LogP contribution in [0.5, 0.6) is 0 Å². The van der Waals surface area contributed by atoms with Crippen LogP contribution in [-0.2, 0) is 9.53 Å². The third-order valence-electron chi connectivity index (χ3n) is 2.62. The molecule has 6 nitrogen and oxygen atoms in total. The molecule has 0 saturated heterocycles. The van der Waals surface area contributed by atoms with Gasteiger partial charge < -0.3 is 10.1 Å². The Labute approximate surface area is 122 Å². The van der Waals surface area contributed by atoms with Crippen molar-refractivity contribution >= 4 is 11.8 Å². The molecular formula is C15H14N4O2. The van der Waals surface area contributed by atoms with Crippen molar-refractivity contribution in [1.82, 2.24) is 9.78 Å². The second kappa shape index (κ2) is 6.91. The zero-order valence-corrected chi connectivity index (χ0v) is 11.5. The number of nitriles is 1. The number of nitrogens with zero attached hydrogens (tertiary/aromatic N) is 3. The Hall–Kier alpha value is -3.07. The van der Waals surface area contributed by atoms with Gasteiger partial charge in [-0.15, -0.1) is 0 Å². The fourth-order valence-corrected chi connectivity index (χ4v) is 1.68. The van der Waals surface area contributed by atoms with Crippen molar-refractivity contribution in [2.24, 2.45) is 0 Å². The molecule has 1 heterocycles. The van der Waals surface area contributed by atoms with E-state index in [9.17, 15) is 4.79 Å². The van der Waals surface area contributed by atoms with Crippen LogP contribution in [0.1, 0.15) is 6.92 Å². The highest BCUT2D eigenvalue weighted by molar-refractivity contribution is 5.93. The molecule has 0 aliphatic rings.